The van der Waals surface area contributed by atoms with Gasteiger partial charge in [0.2, 0.25) is 0 Å². The smallest absolute Gasteiger partial charge is 0.174 e. The van der Waals surface area contributed by atoms with Crippen LogP contribution in [-0.2, 0) is 0 Å². The summed E-state index contributed by atoms with van der Waals surface area (Å²) in [5, 5.41) is 4.21. The lowest BCUT2D eigenvalue weighted by atomic mass is 10.0. The molecule has 1 fully saturated rings. The predicted octanol–water partition coefficient (Wildman–Crippen LogP) is 5.39. The molecule has 3 aromatic rings. The van der Waals surface area contributed by atoms with Gasteiger partial charge in [0, 0.05) is 16.8 Å². The van der Waals surface area contributed by atoms with Crippen LogP contribution in [0.15, 0.2) is 64.6 Å². The van der Waals surface area contributed by atoms with Gasteiger partial charge in [0.1, 0.15) is 0 Å². The van der Waals surface area contributed by atoms with Gasteiger partial charge in [-0.05, 0) is 71.5 Å². The Balaban J connectivity index is 1.81. The minimum absolute atomic E-state index is 0.0144. The molecule has 126 valence electrons. The number of nitrogens with one attached hydrogen (secondary N) is 1. The number of benzene rings is 1. The predicted molar refractivity (Wildman–Crippen MR) is 111 cm³/mol. The molecule has 0 spiro atoms. The van der Waals surface area contributed by atoms with Gasteiger partial charge >= 0.3 is 0 Å². The molecule has 1 saturated heterocycles. The molecular weight excluding hydrogens is 414 g/mol. The van der Waals surface area contributed by atoms with Gasteiger partial charge in [-0.2, -0.15) is 0 Å². The fourth-order valence-electron chi connectivity index (χ4n) is 3.11. The highest BCUT2D eigenvalue weighted by molar-refractivity contribution is 9.11. The lowest BCUT2D eigenvalue weighted by molar-refractivity contribution is 0.575. The first-order valence-electron chi connectivity index (χ1n) is 7.96. The van der Waals surface area contributed by atoms with E-state index in [9.17, 15) is 0 Å². The second-order valence-electron chi connectivity index (χ2n) is 5.97. The lowest BCUT2D eigenvalue weighted by Crippen LogP contribution is -2.29. The molecule has 2 aromatic heterocycles. The Morgan fingerprint density at radius 3 is 2.56 bits per heavy atom. The maximum atomic E-state index is 5.70. The summed E-state index contributed by atoms with van der Waals surface area (Å²) in [6.45, 7) is 2.09. The molecule has 0 bridgehead atoms. The number of rotatable bonds is 3. The Bertz CT molecular complexity index is 893. The van der Waals surface area contributed by atoms with Crippen LogP contribution in [-0.4, -0.2) is 10.1 Å². The molecule has 0 amide bonds. The first kappa shape index (κ1) is 16.7. The highest BCUT2D eigenvalue weighted by Crippen LogP contribution is 2.44. The van der Waals surface area contributed by atoms with Crippen LogP contribution in [0.2, 0.25) is 0 Å². The van der Waals surface area contributed by atoms with E-state index >= 15 is 0 Å². The van der Waals surface area contributed by atoms with E-state index in [0.717, 1.165) is 20.3 Å². The van der Waals surface area contributed by atoms with Gasteiger partial charge in [0.15, 0.2) is 5.11 Å². The van der Waals surface area contributed by atoms with Crippen LogP contribution in [0.5, 0.6) is 0 Å². The molecule has 6 heteroatoms. The summed E-state index contributed by atoms with van der Waals surface area (Å²) in [7, 11) is 0. The monoisotopic (exact) mass is 429 g/mol. The molecule has 0 unspecified atom stereocenters. The minimum atomic E-state index is 0.0144. The van der Waals surface area contributed by atoms with Gasteiger partial charge in [-0.1, -0.05) is 23.8 Å². The highest BCUT2D eigenvalue weighted by atomic mass is 79.9. The average molecular weight is 430 g/mol. The summed E-state index contributed by atoms with van der Waals surface area (Å²) >= 11 is 11.0. The zero-order valence-corrected chi connectivity index (χ0v) is 16.7. The first-order chi connectivity index (χ1) is 12.1. The quantitative estimate of drug-likeness (QED) is 0.564. The number of pyridine rings is 1. The summed E-state index contributed by atoms with van der Waals surface area (Å²) in [4.78, 5) is 8.01. The van der Waals surface area contributed by atoms with Crippen LogP contribution >= 0.6 is 39.5 Å². The van der Waals surface area contributed by atoms with Gasteiger partial charge in [0.05, 0.1) is 21.6 Å². The third-order valence-corrected chi connectivity index (χ3v) is 6.30. The van der Waals surface area contributed by atoms with E-state index in [1.54, 1.807) is 11.3 Å². The molecule has 1 aliphatic heterocycles. The second kappa shape index (κ2) is 6.86. The zero-order chi connectivity index (χ0) is 17.4. The Labute approximate surface area is 164 Å². The van der Waals surface area contributed by atoms with E-state index in [-0.39, 0.29) is 12.1 Å². The van der Waals surface area contributed by atoms with Gasteiger partial charge in [0.25, 0.3) is 0 Å². The SMILES string of the molecule is Cc1ccc(N2C(=S)N[C@@H](c3ccccn3)[C@H]2c2ccc(Br)s2)cc1. The van der Waals surface area contributed by atoms with Crippen molar-refractivity contribution < 1.29 is 0 Å². The standard InChI is InChI=1S/C19H16BrN3S2/c1-12-5-7-13(8-6-12)23-18(15-9-10-16(20)25-15)17(22-19(23)24)14-4-2-3-11-21-14/h2-11,17-18H,1H3,(H,22,24)/t17-,18+/m0/s1. The van der Waals surface area contributed by atoms with Crippen molar-refractivity contribution >= 4 is 50.3 Å². The molecule has 1 aliphatic rings. The molecule has 3 nitrogen and oxygen atoms in total. The van der Waals surface area contributed by atoms with Gasteiger partial charge in [-0.15, -0.1) is 11.3 Å². The molecule has 1 aromatic carbocycles. The number of thiophene rings is 1. The number of aromatic nitrogens is 1. The summed E-state index contributed by atoms with van der Waals surface area (Å²) in [6.07, 6.45) is 1.83. The Morgan fingerprint density at radius 1 is 1.12 bits per heavy atom. The van der Waals surface area contributed by atoms with Crippen LogP contribution < -0.4 is 10.2 Å². The van der Waals surface area contributed by atoms with Crippen molar-refractivity contribution in [2.24, 2.45) is 0 Å². The highest BCUT2D eigenvalue weighted by Gasteiger charge is 2.41. The summed E-state index contributed by atoms with van der Waals surface area (Å²) < 4.78 is 1.11. The van der Waals surface area contributed by atoms with Crippen LogP contribution in [0.25, 0.3) is 0 Å². The van der Waals surface area contributed by atoms with Crippen molar-refractivity contribution in [3.05, 3.63) is 80.7 Å². The van der Waals surface area contributed by atoms with Crippen LogP contribution in [0.3, 0.4) is 0 Å². The van der Waals surface area contributed by atoms with Crippen molar-refractivity contribution in [1.82, 2.24) is 10.3 Å². The molecule has 1 N–H and O–H groups in total. The summed E-state index contributed by atoms with van der Waals surface area (Å²) in [5.74, 6) is 0. The third kappa shape index (κ3) is 3.21. The van der Waals surface area contributed by atoms with Crippen molar-refractivity contribution in [3.63, 3.8) is 0 Å². The average Bonchev–Trinajstić information content (AvgIpc) is 3.20. The van der Waals surface area contributed by atoms with Crippen molar-refractivity contribution in [2.75, 3.05) is 4.90 Å². The minimum Gasteiger partial charge on any atom is -0.351 e. The lowest BCUT2D eigenvalue weighted by Gasteiger charge is -2.27. The fourth-order valence-corrected chi connectivity index (χ4v) is 5.01. The van der Waals surface area contributed by atoms with Gasteiger partial charge in [-0.25, -0.2) is 0 Å². The Morgan fingerprint density at radius 2 is 1.92 bits per heavy atom. The fraction of sp³-hybridized carbons (Fsp3) is 0.158. The maximum Gasteiger partial charge on any atom is 0.174 e. The van der Waals surface area contributed by atoms with Crippen LogP contribution in [0.4, 0.5) is 5.69 Å². The largest absolute Gasteiger partial charge is 0.351 e. The zero-order valence-electron chi connectivity index (χ0n) is 13.5. The van der Waals surface area contributed by atoms with E-state index in [1.165, 1.54) is 10.4 Å². The van der Waals surface area contributed by atoms with E-state index < -0.39 is 0 Å². The maximum absolute atomic E-state index is 5.70. The second-order valence-corrected chi connectivity index (χ2v) is 8.86. The molecule has 2 atom stereocenters. The van der Waals surface area contributed by atoms with Crippen LogP contribution in [0, 0.1) is 6.92 Å². The Kier molecular flexibility index (Phi) is 4.58. The van der Waals surface area contributed by atoms with Crippen LogP contribution in [0.1, 0.15) is 28.2 Å². The molecule has 3 heterocycles. The number of hydrogen-bond acceptors (Lipinski definition) is 3. The van der Waals surface area contributed by atoms with Crippen molar-refractivity contribution in [3.8, 4) is 0 Å². The molecule has 0 radical (unpaired) electrons. The molecular formula is C19H16BrN3S2. The number of hydrogen-bond donors (Lipinski definition) is 1. The number of nitrogens with zero attached hydrogens (tertiary/aromatic N) is 2. The van der Waals surface area contributed by atoms with E-state index in [2.05, 4.69) is 80.5 Å². The summed E-state index contributed by atoms with van der Waals surface area (Å²) in [6, 6.07) is 18.8. The first-order valence-corrected chi connectivity index (χ1v) is 9.98. The van der Waals surface area contributed by atoms with E-state index in [1.807, 2.05) is 18.3 Å². The van der Waals surface area contributed by atoms with E-state index in [0.29, 0.717) is 0 Å². The number of thiocarbonyl (C=S) groups is 1. The summed E-state index contributed by atoms with van der Waals surface area (Å²) in [5.41, 5.74) is 3.32. The normalized spacial score (nSPS) is 19.9. The van der Waals surface area contributed by atoms with Crippen molar-refractivity contribution in [1.29, 1.82) is 0 Å². The number of anilines is 1. The van der Waals surface area contributed by atoms with E-state index in [4.69, 9.17) is 12.2 Å². The topological polar surface area (TPSA) is 28.2 Å². The number of halogens is 1. The molecule has 4 rings (SSSR count). The van der Waals surface area contributed by atoms with Crippen molar-refractivity contribution in [2.45, 2.75) is 19.0 Å². The third-order valence-electron chi connectivity index (χ3n) is 4.30. The molecule has 0 aliphatic carbocycles. The van der Waals surface area contributed by atoms with Gasteiger partial charge in [-0.3, -0.25) is 4.98 Å². The Hall–Kier alpha value is -1.76. The molecule has 25 heavy (non-hydrogen) atoms. The van der Waals surface area contributed by atoms with Gasteiger partial charge < -0.3 is 10.2 Å². The molecule has 0 saturated carbocycles. The number of aryl methyl sites for hydroxylation is 1.